The molecule has 0 saturated carbocycles. The Bertz CT molecular complexity index is 321. The van der Waals surface area contributed by atoms with E-state index >= 15 is 0 Å². The molecule has 0 aliphatic carbocycles. The Hall–Kier alpha value is -0.0800. The first-order chi connectivity index (χ1) is 11.1. The van der Waals surface area contributed by atoms with Crippen molar-refractivity contribution >= 4 is 29.9 Å². The summed E-state index contributed by atoms with van der Waals surface area (Å²) in [5.41, 5.74) is 0. The zero-order chi connectivity index (χ0) is 16.9. The van der Waals surface area contributed by atoms with E-state index in [9.17, 15) is 0 Å². The van der Waals surface area contributed by atoms with Crippen molar-refractivity contribution < 1.29 is 9.47 Å². The largest absolute Gasteiger partial charge is 0.379 e. The molecule has 5 nitrogen and oxygen atoms in total. The van der Waals surface area contributed by atoms with E-state index in [0.717, 1.165) is 51.1 Å². The third-order valence-corrected chi connectivity index (χ3v) is 4.11. The molecule has 24 heavy (non-hydrogen) atoms. The van der Waals surface area contributed by atoms with Crippen molar-refractivity contribution in [3.05, 3.63) is 0 Å². The van der Waals surface area contributed by atoms with Crippen molar-refractivity contribution in [2.24, 2.45) is 10.9 Å². The van der Waals surface area contributed by atoms with Gasteiger partial charge in [-0.3, -0.25) is 4.99 Å². The molecule has 0 aromatic carbocycles. The van der Waals surface area contributed by atoms with Crippen molar-refractivity contribution in [3.63, 3.8) is 0 Å². The molecule has 6 heteroatoms. The van der Waals surface area contributed by atoms with E-state index in [2.05, 4.69) is 36.4 Å². The second kappa shape index (κ2) is 15.2. The highest BCUT2D eigenvalue weighted by Crippen LogP contribution is 2.11. The van der Waals surface area contributed by atoms with Gasteiger partial charge in [0.05, 0.1) is 12.7 Å². The third-order valence-electron chi connectivity index (χ3n) is 4.11. The summed E-state index contributed by atoms with van der Waals surface area (Å²) < 4.78 is 11.2. The van der Waals surface area contributed by atoms with Crippen LogP contribution >= 0.6 is 24.0 Å². The van der Waals surface area contributed by atoms with Gasteiger partial charge in [-0.25, -0.2) is 0 Å². The van der Waals surface area contributed by atoms with Gasteiger partial charge in [-0.2, -0.15) is 0 Å². The lowest BCUT2D eigenvalue weighted by Crippen LogP contribution is -2.42. The van der Waals surface area contributed by atoms with Crippen LogP contribution in [0.5, 0.6) is 0 Å². The van der Waals surface area contributed by atoms with Gasteiger partial charge in [0, 0.05) is 32.8 Å². The predicted molar refractivity (Wildman–Crippen MR) is 112 cm³/mol. The Morgan fingerprint density at radius 1 is 1.25 bits per heavy atom. The van der Waals surface area contributed by atoms with Crippen LogP contribution in [0.15, 0.2) is 4.99 Å². The molecule has 1 saturated heterocycles. The van der Waals surface area contributed by atoms with E-state index in [1.165, 1.54) is 25.7 Å². The van der Waals surface area contributed by atoms with E-state index in [0.29, 0.717) is 12.1 Å². The van der Waals surface area contributed by atoms with Crippen molar-refractivity contribution in [1.82, 2.24) is 10.6 Å². The average molecular weight is 455 g/mol. The standard InChI is InChI=1S/C18H37N3O2.HI/c1-15(2)8-5-9-16(3)21-18(19-4)20-11-7-12-22-14-17-10-6-13-23-17;/h15-17H,5-14H2,1-4H3,(H2,19,20,21);1H. The fourth-order valence-corrected chi connectivity index (χ4v) is 2.70. The first-order valence-electron chi connectivity index (χ1n) is 9.28. The minimum atomic E-state index is 0. The third kappa shape index (κ3) is 12.3. The minimum absolute atomic E-state index is 0. The first-order valence-corrected chi connectivity index (χ1v) is 9.28. The topological polar surface area (TPSA) is 54.9 Å². The van der Waals surface area contributed by atoms with E-state index < -0.39 is 0 Å². The number of rotatable bonds is 11. The first kappa shape index (κ1) is 23.9. The smallest absolute Gasteiger partial charge is 0.191 e. The molecule has 1 aliphatic heterocycles. The maximum Gasteiger partial charge on any atom is 0.191 e. The molecule has 1 heterocycles. The van der Waals surface area contributed by atoms with Gasteiger partial charge < -0.3 is 20.1 Å². The van der Waals surface area contributed by atoms with Crippen molar-refractivity contribution in [2.45, 2.75) is 71.4 Å². The van der Waals surface area contributed by atoms with Crippen LogP contribution in [0.2, 0.25) is 0 Å². The van der Waals surface area contributed by atoms with E-state index in [1.807, 2.05) is 7.05 Å². The monoisotopic (exact) mass is 455 g/mol. The number of nitrogens with one attached hydrogen (secondary N) is 2. The van der Waals surface area contributed by atoms with Crippen LogP contribution in [0.3, 0.4) is 0 Å². The number of ether oxygens (including phenoxy) is 2. The summed E-state index contributed by atoms with van der Waals surface area (Å²) >= 11 is 0. The molecule has 144 valence electrons. The van der Waals surface area contributed by atoms with Crippen LogP contribution in [0.25, 0.3) is 0 Å². The van der Waals surface area contributed by atoms with Gasteiger partial charge in [0.15, 0.2) is 5.96 Å². The molecular weight excluding hydrogens is 417 g/mol. The molecule has 0 bridgehead atoms. The lowest BCUT2D eigenvalue weighted by atomic mass is 10.0. The highest BCUT2D eigenvalue weighted by atomic mass is 127. The van der Waals surface area contributed by atoms with Crippen LogP contribution in [0, 0.1) is 5.92 Å². The second-order valence-electron chi connectivity index (χ2n) is 6.93. The summed E-state index contributed by atoms with van der Waals surface area (Å²) in [6, 6.07) is 0.454. The summed E-state index contributed by atoms with van der Waals surface area (Å²) in [5.74, 6) is 1.68. The molecule has 0 aromatic rings. The number of nitrogens with zero attached hydrogens (tertiary/aromatic N) is 1. The van der Waals surface area contributed by atoms with E-state index in [-0.39, 0.29) is 24.0 Å². The molecule has 0 amide bonds. The van der Waals surface area contributed by atoms with Crippen LogP contribution < -0.4 is 10.6 Å². The molecule has 0 aromatic heterocycles. The Morgan fingerprint density at radius 2 is 2.04 bits per heavy atom. The molecule has 2 N–H and O–H groups in total. The minimum Gasteiger partial charge on any atom is -0.379 e. The Labute approximate surface area is 165 Å². The molecule has 0 radical (unpaired) electrons. The highest BCUT2D eigenvalue weighted by molar-refractivity contribution is 14.0. The summed E-state index contributed by atoms with van der Waals surface area (Å²) in [5, 5.41) is 6.81. The zero-order valence-electron chi connectivity index (χ0n) is 16.0. The van der Waals surface area contributed by atoms with Gasteiger partial charge in [0.1, 0.15) is 0 Å². The van der Waals surface area contributed by atoms with E-state index in [4.69, 9.17) is 9.47 Å². The number of halogens is 1. The SMILES string of the molecule is CN=C(NCCCOCC1CCCO1)NC(C)CCCC(C)C.I. The fourth-order valence-electron chi connectivity index (χ4n) is 2.70. The summed E-state index contributed by atoms with van der Waals surface area (Å²) in [7, 11) is 1.82. The maximum absolute atomic E-state index is 5.66. The van der Waals surface area contributed by atoms with E-state index in [1.54, 1.807) is 0 Å². The van der Waals surface area contributed by atoms with Crippen LogP contribution in [0.4, 0.5) is 0 Å². The molecule has 1 rings (SSSR count). The summed E-state index contributed by atoms with van der Waals surface area (Å²) in [6.45, 7) is 10.1. The Balaban J connectivity index is 0.00000529. The highest BCUT2D eigenvalue weighted by Gasteiger charge is 2.14. The lowest BCUT2D eigenvalue weighted by Gasteiger charge is -2.18. The van der Waals surface area contributed by atoms with Gasteiger partial charge in [-0.15, -0.1) is 24.0 Å². The second-order valence-corrected chi connectivity index (χ2v) is 6.93. The van der Waals surface area contributed by atoms with Gasteiger partial charge in [0.25, 0.3) is 0 Å². The predicted octanol–water partition coefficient (Wildman–Crippen LogP) is 3.57. The normalized spacial score (nSPS) is 19.2. The van der Waals surface area contributed by atoms with Gasteiger partial charge in [-0.1, -0.05) is 26.7 Å². The number of hydrogen-bond acceptors (Lipinski definition) is 3. The summed E-state index contributed by atoms with van der Waals surface area (Å²) in [6.07, 6.45) is 7.36. The van der Waals surface area contributed by atoms with Crippen molar-refractivity contribution in [3.8, 4) is 0 Å². The average Bonchev–Trinajstić information content (AvgIpc) is 3.02. The van der Waals surface area contributed by atoms with Gasteiger partial charge >= 0.3 is 0 Å². The lowest BCUT2D eigenvalue weighted by molar-refractivity contribution is 0.0168. The van der Waals surface area contributed by atoms with Crippen LogP contribution in [-0.4, -0.2) is 51.5 Å². The molecule has 2 atom stereocenters. The van der Waals surface area contributed by atoms with Crippen LogP contribution in [0.1, 0.15) is 59.3 Å². The molecule has 1 fully saturated rings. The molecule has 2 unspecified atom stereocenters. The van der Waals surface area contributed by atoms with Gasteiger partial charge in [-0.05, 0) is 38.5 Å². The van der Waals surface area contributed by atoms with Crippen LogP contribution in [-0.2, 0) is 9.47 Å². The summed E-state index contributed by atoms with van der Waals surface area (Å²) in [4.78, 5) is 4.29. The molecule has 0 spiro atoms. The Kier molecular flexibility index (Phi) is 15.1. The van der Waals surface area contributed by atoms with Crippen molar-refractivity contribution in [1.29, 1.82) is 0 Å². The van der Waals surface area contributed by atoms with Crippen molar-refractivity contribution in [2.75, 3.05) is 33.4 Å². The molecule has 1 aliphatic rings. The fraction of sp³-hybridized carbons (Fsp3) is 0.944. The maximum atomic E-state index is 5.66. The number of guanidine groups is 1. The quantitative estimate of drug-likeness (QED) is 0.217. The van der Waals surface area contributed by atoms with Gasteiger partial charge in [0.2, 0.25) is 0 Å². The zero-order valence-corrected chi connectivity index (χ0v) is 18.3. The Morgan fingerprint density at radius 3 is 2.67 bits per heavy atom. The number of hydrogen-bond donors (Lipinski definition) is 2. The number of aliphatic imine (C=N–C) groups is 1. The molecular formula is C18H38IN3O2.